The molecule has 0 aliphatic carbocycles. The second-order valence-electron chi connectivity index (χ2n) is 6.52. The number of anilines is 1. The minimum Gasteiger partial charge on any atom is -0.486 e. The van der Waals surface area contributed by atoms with E-state index in [2.05, 4.69) is 15.5 Å². The fourth-order valence-corrected chi connectivity index (χ4v) is 3.65. The number of nitrogens with one attached hydrogen (secondary N) is 1. The summed E-state index contributed by atoms with van der Waals surface area (Å²) in [4.78, 5) is 12.3. The van der Waals surface area contributed by atoms with Crippen LogP contribution in [0, 0.1) is 5.82 Å². The van der Waals surface area contributed by atoms with Crippen LogP contribution in [0.2, 0.25) is 0 Å². The molecule has 156 valence electrons. The maximum Gasteiger partial charge on any atom is 0.234 e. The average Bonchev–Trinajstić information content (AvgIpc) is 3.20. The number of aromatic nitrogens is 3. The molecule has 3 aromatic carbocycles. The highest BCUT2D eigenvalue weighted by atomic mass is 32.2. The van der Waals surface area contributed by atoms with Crippen LogP contribution in [0.1, 0.15) is 5.82 Å². The Kier molecular flexibility index (Phi) is 6.59. The van der Waals surface area contributed by atoms with Crippen LogP contribution in [-0.2, 0) is 11.4 Å². The molecule has 0 aliphatic rings. The Morgan fingerprint density at radius 1 is 0.968 bits per heavy atom. The molecule has 0 spiro atoms. The van der Waals surface area contributed by atoms with Crippen LogP contribution in [0.3, 0.4) is 0 Å². The number of hydrogen-bond acceptors (Lipinski definition) is 5. The highest BCUT2D eigenvalue weighted by Crippen LogP contribution is 2.23. The Hall–Kier alpha value is -3.65. The summed E-state index contributed by atoms with van der Waals surface area (Å²) in [5.41, 5.74) is 1.28. The van der Waals surface area contributed by atoms with Gasteiger partial charge in [0.2, 0.25) is 5.91 Å². The van der Waals surface area contributed by atoms with Crippen molar-refractivity contribution in [2.75, 3.05) is 11.1 Å². The first-order valence-electron chi connectivity index (χ1n) is 9.55. The second-order valence-corrected chi connectivity index (χ2v) is 7.46. The average molecular weight is 434 g/mol. The fraction of sp³-hybridized carbons (Fsp3) is 0.0870. The largest absolute Gasteiger partial charge is 0.486 e. The summed E-state index contributed by atoms with van der Waals surface area (Å²) < 4.78 is 21.0. The third-order valence-corrected chi connectivity index (χ3v) is 5.20. The van der Waals surface area contributed by atoms with Crippen LogP contribution in [0.15, 0.2) is 90.1 Å². The van der Waals surface area contributed by atoms with Crippen molar-refractivity contribution in [2.24, 2.45) is 0 Å². The van der Waals surface area contributed by atoms with Gasteiger partial charge in [0.1, 0.15) is 18.2 Å². The molecule has 0 fully saturated rings. The predicted octanol–water partition coefficient (Wildman–Crippen LogP) is 4.72. The van der Waals surface area contributed by atoms with Gasteiger partial charge in [-0.2, -0.15) is 0 Å². The molecule has 31 heavy (non-hydrogen) atoms. The van der Waals surface area contributed by atoms with Crippen LogP contribution in [0.25, 0.3) is 5.69 Å². The SMILES string of the molecule is O=C(CSc1nnc(COc2ccccc2)n1-c1ccccc1)Nc1cccc(F)c1. The highest BCUT2D eigenvalue weighted by Gasteiger charge is 2.16. The summed E-state index contributed by atoms with van der Waals surface area (Å²) in [5.74, 6) is 0.774. The third kappa shape index (κ3) is 5.49. The maximum absolute atomic E-state index is 13.3. The van der Waals surface area contributed by atoms with E-state index in [1.165, 1.54) is 23.9 Å². The lowest BCUT2D eigenvalue weighted by Crippen LogP contribution is -2.15. The first-order valence-corrected chi connectivity index (χ1v) is 10.5. The van der Waals surface area contributed by atoms with E-state index in [9.17, 15) is 9.18 Å². The number of carbonyl (C=O) groups excluding carboxylic acids is 1. The van der Waals surface area contributed by atoms with Gasteiger partial charge >= 0.3 is 0 Å². The number of para-hydroxylation sites is 2. The van der Waals surface area contributed by atoms with Crippen molar-refractivity contribution < 1.29 is 13.9 Å². The van der Waals surface area contributed by atoms with Crippen molar-refractivity contribution in [3.8, 4) is 11.4 Å². The van der Waals surface area contributed by atoms with E-state index in [0.29, 0.717) is 16.7 Å². The first-order chi connectivity index (χ1) is 15.2. The van der Waals surface area contributed by atoms with Crippen LogP contribution < -0.4 is 10.1 Å². The van der Waals surface area contributed by atoms with Crippen molar-refractivity contribution in [2.45, 2.75) is 11.8 Å². The van der Waals surface area contributed by atoms with E-state index < -0.39 is 5.82 Å². The molecule has 0 unspecified atom stereocenters. The van der Waals surface area contributed by atoms with Crippen LogP contribution >= 0.6 is 11.8 Å². The molecule has 0 aliphatic heterocycles. The summed E-state index contributed by atoms with van der Waals surface area (Å²) in [7, 11) is 0. The van der Waals surface area contributed by atoms with Crippen molar-refractivity contribution in [3.05, 3.63) is 96.6 Å². The van der Waals surface area contributed by atoms with Gasteiger partial charge in [-0.25, -0.2) is 4.39 Å². The lowest BCUT2D eigenvalue weighted by atomic mass is 10.3. The zero-order valence-electron chi connectivity index (χ0n) is 16.4. The topological polar surface area (TPSA) is 69.0 Å². The van der Waals surface area contributed by atoms with E-state index in [1.54, 1.807) is 12.1 Å². The summed E-state index contributed by atoms with van der Waals surface area (Å²) in [6.07, 6.45) is 0. The van der Waals surface area contributed by atoms with Crippen molar-refractivity contribution >= 4 is 23.4 Å². The molecule has 0 atom stereocenters. The molecule has 4 rings (SSSR count). The van der Waals surface area contributed by atoms with E-state index in [-0.39, 0.29) is 18.3 Å². The van der Waals surface area contributed by atoms with E-state index >= 15 is 0 Å². The lowest BCUT2D eigenvalue weighted by Gasteiger charge is -2.11. The number of ether oxygens (including phenoxy) is 1. The van der Waals surface area contributed by atoms with Crippen molar-refractivity contribution in [1.29, 1.82) is 0 Å². The molecule has 8 heteroatoms. The van der Waals surface area contributed by atoms with Gasteiger partial charge in [0.25, 0.3) is 0 Å². The standard InChI is InChI=1S/C23H19FN4O2S/c24-17-8-7-9-18(14-17)25-22(29)16-31-23-27-26-21(15-30-20-12-5-2-6-13-20)28(23)19-10-3-1-4-11-19/h1-14H,15-16H2,(H,25,29). The lowest BCUT2D eigenvalue weighted by molar-refractivity contribution is -0.113. The van der Waals surface area contributed by atoms with Gasteiger partial charge in [0, 0.05) is 11.4 Å². The maximum atomic E-state index is 13.3. The monoisotopic (exact) mass is 434 g/mol. The van der Waals surface area contributed by atoms with Gasteiger partial charge in [-0.3, -0.25) is 9.36 Å². The molecular weight excluding hydrogens is 415 g/mol. The molecule has 0 bridgehead atoms. The van der Waals surface area contributed by atoms with E-state index in [4.69, 9.17) is 4.74 Å². The van der Waals surface area contributed by atoms with E-state index in [0.717, 1.165) is 11.4 Å². The predicted molar refractivity (Wildman–Crippen MR) is 118 cm³/mol. The number of halogens is 1. The molecular formula is C23H19FN4O2S. The quantitative estimate of drug-likeness (QED) is 0.407. The highest BCUT2D eigenvalue weighted by molar-refractivity contribution is 7.99. The molecule has 0 saturated heterocycles. The Labute approximate surface area is 183 Å². The molecule has 6 nitrogen and oxygen atoms in total. The smallest absolute Gasteiger partial charge is 0.234 e. The van der Waals surface area contributed by atoms with Gasteiger partial charge in [0.05, 0.1) is 5.75 Å². The molecule has 1 amide bonds. The number of amides is 1. The normalized spacial score (nSPS) is 10.6. The third-order valence-electron chi connectivity index (χ3n) is 4.27. The Bertz CT molecular complexity index is 1150. The second kappa shape index (κ2) is 9.90. The number of rotatable bonds is 8. The fourth-order valence-electron chi connectivity index (χ4n) is 2.88. The van der Waals surface area contributed by atoms with Gasteiger partial charge in [-0.1, -0.05) is 54.2 Å². The Morgan fingerprint density at radius 2 is 1.71 bits per heavy atom. The molecule has 4 aromatic rings. The molecule has 1 heterocycles. The Balaban J connectivity index is 1.49. The number of hydrogen-bond donors (Lipinski definition) is 1. The number of nitrogens with zero attached hydrogens (tertiary/aromatic N) is 3. The van der Waals surface area contributed by atoms with Gasteiger partial charge in [-0.15, -0.1) is 10.2 Å². The van der Waals surface area contributed by atoms with Gasteiger partial charge in [0.15, 0.2) is 11.0 Å². The van der Waals surface area contributed by atoms with Gasteiger partial charge < -0.3 is 10.1 Å². The zero-order chi connectivity index (χ0) is 21.5. The summed E-state index contributed by atoms with van der Waals surface area (Å²) >= 11 is 1.24. The number of thioether (sulfide) groups is 1. The number of carbonyl (C=O) groups is 1. The molecule has 0 radical (unpaired) electrons. The summed E-state index contributed by atoms with van der Waals surface area (Å²) in [6.45, 7) is 0.224. The minimum atomic E-state index is -0.405. The Morgan fingerprint density at radius 3 is 2.45 bits per heavy atom. The minimum absolute atomic E-state index is 0.0982. The van der Waals surface area contributed by atoms with Crippen LogP contribution in [0.5, 0.6) is 5.75 Å². The summed E-state index contributed by atoms with van der Waals surface area (Å²) in [5, 5.41) is 11.8. The summed E-state index contributed by atoms with van der Waals surface area (Å²) in [6, 6.07) is 24.9. The molecule has 1 N–H and O–H groups in total. The van der Waals surface area contributed by atoms with Crippen LogP contribution in [0.4, 0.5) is 10.1 Å². The van der Waals surface area contributed by atoms with Crippen molar-refractivity contribution in [3.63, 3.8) is 0 Å². The molecule has 1 aromatic heterocycles. The first kappa shape index (κ1) is 20.6. The van der Waals surface area contributed by atoms with Crippen molar-refractivity contribution in [1.82, 2.24) is 14.8 Å². The van der Waals surface area contributed by atoms with E-state index in [1.807, 2.05) is 65.2 Å². The van der Waals surface area contributed by atoms with Gasteiger partial charge in [-0.05, 0) is 42.5 Å². The zero-order valence-corrected chi connectivity index (χ0v) is 17.3. The molecule has 0 saturated carbocycles. The van der Waals surface area contributed by atoms with Crippen LogP contribution in [-0.4, -0.2) is 26.4 Å². The number of benzene rings is 3.